The van der Waals surface area contributed by atoms with Crippen LogP contribution in [0.5, 0.6) is 0 Å². The molecular weight excluding hydrogens is 302 g/mol. The van der Waals surface area contributed by atoms with Crippen LogP contribution in [-0.4, -0.2) is 38.5 Å². The minimum absolute atomic E-state index is 0.0458. The van der Waals surface area contributed by atoms with Gasteiger partial charge in [0.25, 0.3) is 5.91 Å². The Labute approximate surface area is 104 Å². The van der Waals surface area contributed by atoms with E-state index in [0.29, 0.717) is 8.69 Å². The van der Waals surface area contributed by atoms with E-state index in [1.807, 2.05) is 0 Å². The molecule has 0 spiro atoms. The summed E-state index contributed by atoms with van der Waals surface area (Å²) >= 11 is 4.04. The van der Waals surface area contributed by atoms with Gasteiger partial charge in [0.15, 0.2) is 9.84 Å². The average molecular weight is 313 g/mol. The van der Waals surface area contributed by atoms with E-state index in [0.717, 1.165) is 11.3 Å². The summed E-state index contributed by atoms with van der Waals surface area (Å²) in [5.74, 6) is -1.14. The first-order chi connectivity index (χ1) is 8.13. The fourth-order valence-corrected chi connectivity index (χ4v) is 4.76. The summed E-state index contributed by atoms with van der Waals surface area (Å²) in [6.45, 7) is -2.96. The average Bonchev–Trinajstić information content (AvgIpc) is 2.54. The van der Waals surface area contributed by atoms with E-state index < -0.39 is 22.7 Å². The van der Waals surface area contributed by atoms with Gasteiger partial charge < -0.3 is 4.90 Å². The van der Waals surface area contributed by atoms with Gasteiger partial charge in [-0.3, -0.25) is 4.79 Å². The van der Waals surface area contributed by atoms with Crippen LogP contribution in [0.15, 0.2) is 14.7 Å². The fourth-order valence-electron chi connectivity index (χ4n) is 1.27. The zero-order valence-electron chi connectivity index (χ0n) is 10.4. The van der Waals surface area contributed by atoms with Crippen molar-refractivity contribution in [3.05, 3.63) is 14.7 Å². The van der Waals surface area contributed by atoms with Gasteiger partial charge in [0.2, 0.25) is 0 Å². The molecule has 0 fully saturated rings. The molecule has 1 aromatic heterocycles. The van der Waals surface area contributed by atoms with Crippen molar-refractivity contribution in [3.8, 4) is 0 Å². The Morgan fingerprint density at radius 1 is 1.67 bits per heavy atom. The zero-order chi connectivity index (χ0) is 13.7. The number of carbonyl (C=O) groups is 1. The second kappa shape index (κ2) is 3.57. The van der Waals surface area contributed by atoms with Crippen molar-refractivity contribution in [1.82, 2.24) is 4.90 Å². The van der Waals surface area contributed by atoms with Crippen molar-refractivity contribution in [3.63, 3.8) is 0 Å². The third kappa shape index (κ3) is 1.83. The Bertz CT molecular complexity index is 608. The van der Waals surface area contributed by atoms with Crippen LogP contribution in [0.4, 0.5) is 0 Å². The van der Waals surface area contributed by atoms with Gasteiger partial charge in [0, 0.05) is 17.6 Å². The van der Waals surface area contributed by atoms with Gasteiger partial charge in [0.1, 0.15) is 4.88 Å². The summed E-state index contributed by atoms with van der Waals surface area (Å²) in [6, 6.07) is 1.34. The second-order valence-electron chi connectivity index (χ2n) is 3.02. The van der Waals surface area contributed by atoms with Gasteiger partial charge in [-0.25, -0.2) is 8.42 Å². The summed E-state index contributed by atoms with van der Waals surface area (Å²) in [6.07, 6.45) is 0. The Morgan fingerprint density at radius 3 is 3.07 bits per heavy atom. The van der Waals surface area contributed by atoms with Crippen molar-refractivity contribution in [2.24, 2.45) is 0 Å². The van der Waals surface area contributed by atoms with E-state index in [-0.39, 0.29) is 22.1 Å². The van der Waals surface area contributed by atoms with E-state index in [1.165, 1.54) is 6.07 Å². The molecule has 0 atom stereocenters. The SMILES string of the molecule is [2H]C([2H])([2H])N1CCS(=O)(=O)c2cc(Br)sc2C1=O. The van der Waals surface area contributed by atoms with Crippen LogP contribution in [0, 0.1) is 0 Å². The predicted molar refractivity (Wildman–Crippen MR) is 61.0 cm³/mol. The Morgan fingerprint density at radius 2 is 2.40 bits per heavy atom. The fraction of sp³-hybridized carbons (Fsp3) is 0.375. The van der Waals surface area contributed by atoms with E-state index >= 15 is 0 Å². The molecular formula is C8H8BrNO3S2. The third-order valence-corrected chi connectivity index (χ3v) is 5.49. The van der Waals surface area contributed by atoms with Crippen molar-refractivity contribution < 1.29 is 17.3 Å². The van der Waals surface area contributed by atoms with Crippen molar-refractivity contribution in [1.29, 1.82) is 0 Å². The quantitative estimate of drug-likeness (QED) is 0.727. The van der Waals surface area contributed by atoms with Crippen LogP contribution in [0.1, 0.15) is 13.8 Å². The highest BCUT2D eigenvalue weighted by molar-refractivity contribution is 9.11. The molecule has 0 bridgehead atoms. The first kappa shape index (κ1) is 7.81. The molecule has 1 aromatic rings. The summed E-state index contributed by atoms with van der Waals surface area (Å²) in [7, 11) is -3.62. The van der Waals surface area contributed by atoms with Gasteiger partial charge in [-0.15, -0.1) is 11.3 Å². The number of sulfone groups is 1. The molecule has 1 amide bonds. The molecule has 1 aliphatic rings. The molecule has 2 rings (SSSR count). The minimum atomic E-state index is -3.62. The number of hydrogen-bond donors (Lipinski definition) is 0. The highest BCUT2D eigenvalue weighted by Gasteiger charge is 2.31. The lowest BCUT2D eigenvalue weighted by Gasteiger charge is -2.11. The molecule has 0 saturated heterocycles. The standard InChI is InChI=1S/C8H8BrNO3S2/c1-10-2-3-15(12,13)5-4-6(9)14-7(5)8(10)11/h4H,2-3H2,1H3/i1D3. The molecule has 0 saturated carbocycles. The highest BCUT2D eigenvalue weighted by atomic mass is 79.9. The van der Waals surface area contributed by atoms with Crippen LogP contribution in [0.3, 0.4) is 0 Å². The molecule has 1 aliphatic heterocycles. The van der Waals surface area contributed by atoms with Gasteiger partial charge in [-0.2, -0.15) is 0 Å². The van der Waals surface area contributed by atoms with E-state index in [9.17, 15) is 13.2 Å². The zero-order valence-corrected chi connectivity index (χ0v) is 10.6. The van der Waals surface area contributed by atoms with Crippen molar-refractivity contribution in [2.45, 2.75) is 4.90 Å². The summed E-state index contributed by atoms with van der Waals surface area (Å²) in [5.41, 5.74) is 0. The lowest BCUT2D eigenvalue weighted by molar-refractivity contribution is 0.0807. The van der Waals surface area contributed by atoms with Crippen molar-refractivity contribution in [2.75, 3.05) is 19.3 Å². The molecule has 0 aromatic carbocycles. The first-order valence-electron chi connectivity index (χ1n) is 5.47. The molecule has 0 N–H and O–H groups in total. The summed E-state index contributed by atoms with van der Waals surface area (Å²) in [5, 5.41) is 0. The van der Waals surface area contributed by atoms with Gasteiger partial charge >= 0.3 is 0 Å². The normalized spacial score (nSPS) is 23.7. The maximum absolute atomic E-state index is 12.1. The first-order valence-corrected chi connectivity index (χ1v) is 7.23. The second-order valence-corrected chi connectivity index (χ2v) is 7.53. The molecule has 15 heavy (non-hydrogen) atoms. The van der Waals surface area contributed by atoms with E-state index in [4.69, 9.17) is 4.11 Å². The topological polar surface area (TPSA) is 54.5 Å². The maximum atomic E-state index is 12.1. The summed E-state index contributed by atoms with van der Waals surface area (Å²) < 4.78 is 46.2. The number of amides is 1. The predicted octanol–water partition coefficient (Wildman–Crippen LogP) is 1.37. The number of carbonyl (C=O) groups excluding carboxylic acids is 1. The molecule has 4 nitrogen and oxygen atoms in total. The number of thiophene rings is 1. The van der Waals surface area contributed by atoms with Gasteiger partial charge in [-0.05, 0) is 22.0 Å². The van der Waals surface area contributed by atoms with Crippen molar-refractivity contribution >= 4 is 43.0 Å². The van der Waals surface area contributed by atoms with E-state index in [2.05, 4.69) is 15.9 Å². The van der Waals surface area contributed by atoms with Crippen LogP contribution in [0.25, 0.3) is 0 Å². The lowest BCUT2D eigenvalue weighted by atomic mass is 10.4. The minimum Gasteiger partial charge on any atom is -0.340 e. The largest absolute Gasteiger partial charge is 0.340 e. The van der Waals surface area contributed by atoms with Gasteiger partial charge in [-0.1, -0.05) is 0 Å². The number of halogens is 1. The number of hydrogen-bond acceptors (Lipinski definition) is 4. The Kier molecular flexibility index (Phi) is 1.86. The number of rotatable bonds is 0. The van der Waals surface area contributed by atoms with Crippen LogP contribution in [0.2, 0.25) is 0 Å². The van der Waals surface area contributed by atoms with Crippen LogP contribution >= 0.6 is 27.3 Å². The van der Waals surface area contributed by atoms with Crippen LogP contribution < -0.4 is 0 Å². The third-order valence-electron chi connectivity index (χ3n) is 2.03. The monoisotopic (exact) mass is 312 g/mol. The molecule has 0 aliphatic carbocycles. The molecule has 0 radical (unpaired) electrons. The smallest absolute Gasteiger partial charge is 0.265 e. The van der Waals surface area contributed by atoms with E-state index in [1.54, 1.807) is 0 Å². The lowest BCUT2D eigenvalue weighted by Crippen LogP contribution is -2.27. The molecule has 0 unspecified atom stereocenters. The molecule has 7 heteroatoms. The molecule has 82 valence electrons. The Hall–Kier alpha value is -0.400. The molecule has 2 heterocycles. The summed E-state index contributed by atoms with van der Waals surface area (Å²) in [4.78, 5) is 12.6. The number of fused-ring (bicyclic) bond motifs is 1. The maximum Gasteiger partial charge on any atom is 0.265 e. The van der Waals surface area contributed by atoms with Crippen LogP contribution in [-0.2, 0) is 9.84 Å². The highest BCUT2D eigenvalue weighted by Crippen LogP contribution is 2.33. The van der Waals surface area contributed by atoms with Gasteiger partial charge in [0.05, 0.1) is 14.4 Å². The number of nitrogens with zero attached hydrogens (tertiary/aromatic N) is 1. The Balaban J connectivity index is 2.61.